The van der Waals surface area contributed by atoms with E-state index in [1.54, 1.807) is 24.3 Å². The quantitative estimate of drug-likeness (QED) is 0.556. The molecule has 0 bridgehead atoms. The fourth-order valence-electron chi connectivity index (χ4n) is 2.62. The Morgan fingerprint density at radius 2 is 1.61 bits per heavy atom. The molecule has 1 heterocycles. The third-order valence-corrected chi connectivity index (χ3v) is 4.82. The summed E-state index contributed by atoms with van der Waals surface area (Å²) in [6, 6.07) is 7.17. The second-order valence-electron chi connectivity index (χ2n) is 7.69. The summed E-state index contributed by atoms with van der Waals surface area (Å²) in [5.41, 5.74) is 3.67. The second-order valence-corrected chi connectivity index (χ2v) is 8.47. The normalized spacial score (nSPS) is 11.2. The smallest absolute Gasteiger partial charge is 0.229 e. The zero-order valence-corrected chi connectivity index (χ0v) is 18.2. The largest absolute Gasteiger partial charge is 0.326 e. The number of aryl methyl sites for hydroxylation is 2. The zero-order chi connectivity index (χ0) is 20.9. The fraction of sp³-hybridized carbons (Fsp3) is 0.429. The number of hydrogen-bond acceptors (Lipinski definition) is 5. The molecule has 1 aromatic carbocycles. The molecule has 2 aromatic rings. The van der Waals surface area contributed by atoms with E-state index in [2.05, 4.69) is 20.6 Å². The van der Waals surface area contributed by atoms with Gasteiger partial charge in [-0.05, 0) is 50.3 Å². The number of rotatable bonds is 6. The van der Waals surface area contributed by atoms with Gasteiger partial charge in [0.1, 0.15) is 0 Å². The van der Waals surface area contributed by atoms with Crippen molar-refractivity contribution in [2.45, 2.75) is 52.6 Å². The van der Waals surface area contributed by atoms with Crippen LogP contribution in [0, 0.1) is 19.3 Å². The lowest BCUT2D eigenvalue weighted by molar-refractivity contribution is -0.123. The Kier molecular flexibility index (Phi) is 7.18. The van der Waals surface area contributed by atoms with Crippen LogP contribution in [-0.4, -0.2) is 28.0 Å². The Morgan fingerprint density at radius 1 is 1.04 bits per heavy atom. The van der Waals surface area contributed by atoms with Gasteiger partial charge in [0.05, 0.1) is 0 Å². The van der Waals surface area contributed by atoms with Crippen molar-refractivity contribution in [1.82, 2.24) is 9.97 Å². The van der Waals surface area contributed by atoms with Crippen LogP contribution in [0.1, 0.15) is 44.1 Å². The highest BCUT2D eigenvalue weighted by atomic mass is 32.2. The molecule has 0 aliphatic carbocycles. The minimum atomic E-state index is -0.483. The predicted octanol–water partition coefficient (Wildman–Crippen LogP) is 4.37. The number of anilines is 2. The number of thioether (sulfide) groups is 1. The van der Waals surface area contributed by atoms with Gasteiger partial charge in [0, 0.05) is 34.6 Å². The molecule has 1 aromatic heterocycles. The standard InChI is InChI=1S/C21H28N4O2S/c1-13-17(14(2)23-20(22-13)28-6)10-11-18(26)24-15-8-7-9-16(12-15)25-19(27)21(3,4)5/h7-9,12H,10-11H2,1-6H3,(H,24,26)(H,25,27). The van der Waals surface area contributed by atoms with Crippen molar-refractivity contribution in [2.24, 2.45) is 5.41 Å². The first-order valence-corrected chi connectivity index (χ1v) is 10.4. The number of nitrogens with one attached hydrogen (secondary N) is 2. The van der Waals surface area contributed by atoms with Crippen LogP contribution in [0.25, 0.3) is 0 Å². The van der Waals surface area contributed by atoms with Crippen molar-refractivity contribution in [1.29, 1.82) is 0 Å². The lowest BCUT2D eigenvalue weighted by atomic mass is 9.95. The molecule has 2 amide bonds. The van der Waals surface area contributed by atoms with Crippen LogP contribution in [0.3, 0.4) is 0 Å². The SMILES string of the molecule is CSc1nc(C)c(CCC(=O)Nc2cccc(NC(=O)C(C)(C)C)c2)c(C)n1. The van der Waals surface area contributed by atoms with Gasteiger partial charge >= 0.3 is 0 Å². The van der Waals surface area contributed by atoms with Crippen LogP contribution < -0.4 is 10.6 Å². The summed E-state index contributed by atoms with van der Waals surface area (Å²) in [7, 11) is 0. The van der Waals surface area contributed by atoms with E-state index in [9.17, 15) is 9.59 Å². The van der Waals surface area contributed by atoms with Crippen molar-refractivity contribution in [3.05, 3.63) is 41.2 Å². The summed E-state index contributed by atoms with van der Waals surface area (Å²) < 4.78 is 0. The molecule has 2 N–H and O–H groups in total. The summed E-state index contributed by atoms with van der Waals surface area (Å²) >= 11 is 1.51. The molecule has 6 nitrogen and oxygen atoms in total. The van der Waals surface area contributed by atoms with Crippen molar-refractivity contribution in [3.63, 3.8) is 0 Å². The number of carbonyl (C=O) groups is 2. The summed E-state index contributed by atoms with van der Waals surface area (Å²) in [6.07, 6.45) is 2.86. The highest BCUT2D eigenvalue weighted by Crippen LogP contribution is 2.21. The Bertz CT molecular complexity index is 852. The number of aromatic nitrogens is 2. The van der Waals surface area contributed by atoms with Gasteiger partial charge in [-0.15, -0.1) is 0 Å². The summed E-state index contributed by atoms with van der Waals surface area (Å²) in [5.74, 6) is -0.164. The van der Waals surface area contributed by atoms with Gasteiger partial charge in [0.15, 0.2) is 5.16 Å². The fourth-order valence-corrected chi connectivity index (χ4v) is 3.07. The highest BCUT2D eigenvalue weighted by Gasteiger charge is 2.21. The third-order valence-electron chi connectivity index (χ3n) is 4.27. The average molecular weight is 401 g/mol. The minimum Gasteiger partial charge on any atom is -0.326 e. The summed E-state index contributed by atoms with van der Waals surface area (Å²) in [4.78, 5) is 33.4. The van der Waals surface area contributed by atoms with Crippen LogP contribution in [0.5, 0.6) is 0 Å². The van der Waals surface area contributed by atoms with Crippen LogP contribution in [0.2, 0.25) is 0 Å². The first-order valence-electron chi connectivity index (χ1n) is 9.19. The monoisotopic (exact) mass is 400 g/mol. The number of hydrogen-bond donors (Lipinski definition) is 2. The molecular weight excluding hydrogens is 372 g/mol. The lowest BCUT2D eigenvalue weighted by Gasteiger charge is -2.18. The molecule has 0 saturated carbocycles. The topological polar surface area (TPSA) is 84.0 Å². The zero-order valence-electron chi connectivity index (χ0n) is 17.3. The summed E-state index contributed by atoms with van der Waals surface area (Å²) in [5, 5.41) is 6.51. The van der Waals surface area contributed by atoms with Crippen LogP contribution in [-0.2, 0) is 16.0 Å². The van der Waals surface area contributed by atoms with E-state index in [1.165, 1.54) is 11.8 Å². The lowest BCUT2D eigenvalue weighted by Crippen LogP contribution is -2.27. The van der Waals surface area contributed by atoms with Crippen molar-refractivity contribution in [2.75, 3.05) is 16.9 Å². The van der Waals surface area contributed by atoms with E-state index in [-0.39, 0.29) is 11.8 Å². The van der Waals surface area contributed by atoms with E-state index < -0.39 is 5.41 Å². The number of carbonyl (C=O) groups excluding carboxylic acids is 2. The molecule has 0 saturated heterocycles. The maximum absolute atomic E-state index is 12.4. The van der Waals surface area contributed by atoms with Crippen molar-refractivity contribution in [3.8, 4) is 0 Å². The van der Waals surface area contributed by atoms with Gasteiger partial charge in [-0.2, -0.15) is 0 Å². The maximum atomic E-state index is 12.4. The second kappa shape index (κ2) is 9.19. The molecule has 28 heavy (non-hydrogen) atoms. The molecule has 0 fully saturated rings. The van der Waals surface area contributed by atoms with Gasteiger partial charge in [-0.25, -0.2) is 9.97 Å². The van der Waals surface area contributed by atoms with E-state index in [0.717, 1.165) is 22.1 Å². The van der Waals surface area contributed by atoms with Gasteiger partial charge in [0.25, 0.3) is 0 Å². The molecule has 0 aliphatic rings. The van der Waals surface area contributed by atoms with Gasteiger partial charge in [-0.3, -0.25) is 9.59 Å². The number of amides is 2. The van der Waals surface area contributed by atoms with Crippen LogP contribution in [0.4, 0.5) is 11.4 Å². The third kappa shape index (κ3) is 6.05. The first-order chi connectivity index (χ1) is 13.1. The molecule has 7 heteroatoms. The molecule has 0 atom stereocenters. The van der Waals surface area contributed by atoms with Crippen LogP contribution in [0.15, 0.2) is 29.4 Å². The Balaban J connectivity index is 1.99. The van der Waals surface area contributed by atoms with Crippen LogP contribution >= 0.6 is 11.8 Å². The minimum absolute atomic E-state index is 0.0735. The Hall–Kier alpha value is -2.41. The van der Waals surface area contributed by atoms with Gasteiger partial charge < -0.3 is 10.6 Å². The van der Waals surface area contributed by atoms with Gasteiger partial charge in [0.2, 0.25) is 11.8 Å². The Morgan fingerprint density at radius 3 is 2.14 bits per heavy atom. The van der Waals surface area contributed by atoms with Crippen molar-refractivity contribution >= 4 is 35.0 Å². The Labute approximate surface area is 170 Å². The molecule has 0 aliphatic heterocycles. The predicted molar refractivity (Wildman–Crippen MR) is 115 cm³/mol. The molecule has 0 unspecified atom stereocenters. The van der Waals surface area contributed by atoms with E-state index in [1.807, 2.05) is 40.9 Å². The summed E-state index contributed by atoms with van der Waals surface area (Å²) in [6.45, 7) is 9.46. The van der Waals surface area contributed by atoms with Gasteiger partial charge in [-0.1, -0.05) is 38.6 Å². The van der Waals surface area contributed by atoms with E-state index in [0.29, 0.717) is 24.2 Å². The molecule has 0 radical (unpaired) electrons. The molecular formula is C21H28N4O2S. The number of benzene rings is 1. The van der Waals surface area contributed by atoms with E-state index in [4.69, 9.17) is 0 Å². The highest BCUT2D eigenvalue weighted by molar-refractivity contribution is 7.98. The van der Waals surface area contributed by atoms with Crippen molar-refractivity contribution < 1.29 is 9.59 Å². The molecule has 0 spiro atoms. The molecule has 2 rings (SSSR count). The average Bonchev–Trinajstić information content (AvgIpc) is 2.60. The van der Waals surface area contributed by atoms with E-state index >= 15 is 0 Å². The maximum Gasteiger partial charge on any atom is 0.229 e. The molecule has 150 valence electrons. The first kappa shape index (κ1) is 21.9. The number of nitrogens with zero attached hydrogens (tertiary/aromatic N) is 2.